The number of nitrogens with zero attached hydrogens (tertiary/aromatic N) is 1. The third-order valence-corrected chi connectivity index (χ3v) is 2.41. The first kappa shape index (κ1) is 8.55. The predicted molar refractivity (Wildman–Crippen MR) is 42.8 cm³/mol. The third-order valence-electron chi connectivity index (χ3n) is 2.41. The Morgan fingerprint density at radius 1 is 1.64 bits per heavy atom. The van der Waals surface area contributed by atoms with Crippen molar-refractivity contribution in [2.45, 2.75) is 44.6 Å². The molecule has 2 heteroatoms. The maximum atomic E-state index is 9.63. The highest BCUT2D eigenvalue weighted by atomic mass is 16.3. The fraction of sp³-hybridized carbons (Fsp3) is 0.889. The third kappa shape index (κ3) is 2.51. The van der Waals surface area contributed by atoms with Gasteiger partial charge in [0, 0.05) is 0 Å². The summed E-state index contributed by atoms with van der Waals surface area (Å²) in [7, 11) is 0. The Labute approximate surface area is 67.8 Å². The minimum Gasteiger partial charge on any atom is -0.389 e. The molecule has 0 aliphatic heterocycles. The number of nitriles is 1. The van der Waals surface area contributed by atoms with Gasteiger partial charge >= 0.3 is 0 Å². The summed E-state index contributed by atoms with van der Waals surface area (Å²) in [6, 6.07) is 2.01. The Kier molecular flexibility index (Phi) is 2.51. The van der Waals surface area contributed by atoms with Crippen LogP contribution in [0.1, 0.15) is 39.0 Å². The molecule has 0 aromatic rings. The summed E-state index contributed by atoms with van der Waals surface area (Å²) in [6.07, 6.45) is 4.85. The van der Waals surface area contributed by atoms with Gasteiger partial charge < -0.3 is 5.11 Å². The van der Waals surface area contributed by atoms with E-state index >= 15 is 0 Å². The lowest BCUT2D eigenvalue weighted by molar-refractivity contribution is 0.0243. The van der Waals surface area contributed by atoms with E-state index in [1.54, 1.807) is 6.92 Å². The SMILES string of the molecule is CC(O)(CC#N)CC1CCC1. The molecule has 1 fully saturated rings. The smallest absolute Gasteiger partial charge is 0.0751 e. The fourth-order valence-corrected chi connectivity index (χ4v) is 1.56. The van der Waals surface area contributed by atoms with Crippen LogP contribution in [0.4, 0.5) is 0 Å². The van der Waals surface area contributed by atoms with Gasteiger partial charge in [0.05, 0.1) is 18.1 Å². The lowest BCUT2D eigenvalue weighted by atomic mass is 9.77. The first-order chi connectivity index (χ1) is 5.14. The molecule has 1 rings (SSSR count). The fourth-order valence-electron chi connectivity index (χ4n) is 1.56. The zero-order chi connectivity index (χ0) is 8.32. The number of aliphatic hydroxyl groups is 1. The minimum atomic E-state index is -0.736. The van der Waals surface area contributed by atoms with Crippen LogP contribution < -0.4 is 0 Å². The molecule has 1 aliphatic carbocycles. The van der Waals surface area contributed by atoms with Crippen LogP contribution in [0.15, 0.2) is 0 Å². The molecule has 0 spiro atoms. The van der Waals surface area contributed by atoms with Gasteiger partial charge in [-0.1, -0.05) is 19.3 Å². The molecular weight excluding hydrogens is 138 g/mol. The molecule has 0 saturated heterocycles. The largest absolute Gasteiger partial charge is 0.389 e. The molecule has 1 saturated carbocycles. The zero-order valence-electron chi connectivity index (χ0n) is 7.01. The summed E-state index contributed by atoms with van der Waals surface area (Å²) in [5.74, 6) is 0.679. The van der Waals surface area contributed by atoms with E-state index in [0.29, 0.717) is 5.92 Å². The van der Waals surface area contributed by atoms with E-state index in [-0.39, 0.29) is 6.42 Å². The molecule has 62 valence electrons. The van der Waals surface area contributed by atoms with Gasteiger partial charge in [-0.3, -0.25) is 0 Å². The summed E-state index contributed by atoms with van der Waals surface area (Å²) in [6.45, 7) is 1.76. The van der Waals surface area contributed by atoms with Crippen LogP contribution in [0.25, 0.3) is 0 Å². The van der Waals surface area contributed by atoms with E-state index < -0.39 is 5.60 Å². The Morgan fingerprint density at radius 2 is 2.27 bits per heavy atom. The van der Waals surface area contributed by atoms with E-state index in [9.17, 15) is 5.11 Å². The van der Waals surface area contributed by atoms with Gasteiger partial charge in [0.1, 0.15) is 0 Å². The van der Waals surface area contributed by atoms with Gasteiger partial charge in [-0.15, -0.1) is 0 Å². The average molecular weight is 153 g/mol. The highest BCUT2D eigenvalue weighted by Crippen LogP contribution is 2.34. The molecule has 0 aromatic carbocycles. The molecule has 1 aliphatic rings. The van der Waals surface area contributed by atoms with Crippen molar-refractivity contribution in [2.75, 3.05) is 0 Å². The molecule has 11 heavy (non-hydrogen) atoms. The second-order valence-electron chi connectivity index (χ2n) is 3.83. The van der Waals surface area contributed by atoms with E-state index in [4.69, 9.17) is 5.26 Å². The van der Waals surface area contributed by atoms with Gasteiger partial charge in [0.2, 0.25) is 0 Å². The second kappa shape index (κ2) is 3.23. The topological polar surface area (TPSA) is 44.0 Å². The molecule has 0 heterocycles. The van der Waals surface area contributed by atoms with E-state index in [1.807, 2.05) is 6.07 Å². The van der Waals surface area contributed by atoms with Crippen LogP contribution in [0.2, 0.25) is 0 Å². The standard InChI is InChI=1S/C9H15NO/c1-9(11,5-6-10)7-8-3-2-4-8/h8,11H,2-5,7H2,1H3. The highest BCUT2D eigenvalue weighted by molar-refractivity contribution is 4.88. The summed E-state index contributed by atoms with van der Waals surface area (Å²) in [4.78, 5) is 0. The van der Waals surface area contributed by atoms with Crippen LogP contribution in [-0.2, 0) is 0 Å². The zero-order valence-corrected chi connectivity index (χ0v) is 7.01. The Balaban J connectivity index is 2.27. The normalized spacial score (nSPS) is 23.4. The van der Waals surface area contributed by atoms with Crippen LogP contribution in [0.5, 0.6) is 0 Å². The molecule has 1 N–H and O–H groups in total. The first-order valence-electron chi connectivity index (χ1n) is 4.23. The predicted octanol–water partition coefficient (Wildman–Crippen LogP) is 1.84. The number of hydrogen-bond donors (Lipinski definition) is 1. The maximum absolute atomic E-state index is 9.63. The van der Waals surface area contributed by atoms with Crippen molar-refractivity contribution < 1.29 is 5.11 Å². The highest BCUT2D eigenvalue weighted by Gasteiger charge is 2.28. The quantitative estimate of drug-likeness (QED) is 0.672. The van der Waals surface area contributed by atoms with Gasteiger partial charge in [0.15, 0.2) is 0 Å². The molecule has 0 aromatic heterocycles. The summed E-state index contributed by atoms with van der Waals surface area (Å²) < 4.78 is 0. The number of hydrogen-bond acceptors (Lipinski definition) is 2. The van der Waals surface area contributed by atoms with Crippen molar-refractivity contribution in [1.29, 1.82) is 5.26 Å². The van der Waals surface area contributed by atoms with Crippen molar-refractivity contribution in [2.24, 2.45) is 5.92 Å². The molecule has 0 amide bonds. The summed E-state index contributed by atoms with van der Waals surface area (Å²) in [5.41, 5.74) is -0.736. The van der Waals surface area contributed by atoms with Gasteiger partial charge in [-0.05, 0) is 19.3 Å². The molecule has 0 radical (unpaired) electrons. The molecular formula is C9H15NO. The van der Waals surface area contributed by atoms with Gasteiger partial charge in [0.25, 0.3) is 0 Å². The van der Waals surface area contributed by atoms with E-state index in [0.717, 1.165) is 6.42 Å². The lowest BCUT2D eigenvalue weighted by Crippen LogP contribution is -2.29. The summed E-state index contributed by atoms with van der Waals surface area (Å²) >= 11 is 0. The molecule has 0 bridgehead atoms. The van der Waals surface area contributed by atoms with Crippen LogP contribution in [-0.4, -0.2) is 10.7 Å². The Bertz CT molecular complexity index is 165. The summed E-state index contributed by atoms with van der Waals surface area (Å²) in [5, 5.41) is 18.0. The molecule has 1 unspecified atom stereocenters. The van der Waals surface area contributed by atoms with Crippen molar-refractivity contribution >= 4 is 0 Å². The average Bonchev–Trinajstić information content (AvgIpc) is 1.79. The van der Waals surface area contributed by atoms with Crippen LogP contribution in [0, 0.1) is 17.2 Å². The van der Waals surface area contributed by atoms with Crippen molar-refractivity contribution in [3.8, 4) is 6.07 Å². The lowest BCUT2D eigenvalue weighted by Gasteiger charge is -2.31. The van der Waals surface area contributed by atoms with Gasteiger partial charge in [-0.25, -0.2) is 0 Å². The van der Waals surface area contributed by atoms with Gasteiger partial charge in [-0.2, -0.15) is 5.26 Å². The number of rotatable bonds is 3. The van der Waals surface area contributed by atoms with Crippen molar-refractivity contribution in [1.82, 2.24) is 0 Å². The van der Waals surface area contributed by atoms with Crippen molar-refractivity contribution in [3.63, 3.8) is 0 Å². The Morgan fingerprint density at radius 3 is 2.64 bits per heavy atom. The minimum absolute atomic E-state index is 0.267. The molecule has 1 atom stereocenters. The van der Waals surface area contributed by atoms with E-state index in [2.05, 4.69) is 0 Å². The maximum Gasteiger partial charge on any atom is 0.0751 e. The first-order valence-corrected chi connectivity index (χ1v) is 4.23. The van der Waals surface area contributed by atoms with Crippen LogP contribution >= 0.6 is 0 Å². The second-order valence-corrected chi connectivity index (χ2v) is 3.83. The van der Waals surface area contributed by atoms with Crippen molar-refractivity contribution in [3.05, 3.63) is 0 Å². The monoisotopic (exact) mass is 153 g/mol. The van der Waals surface area contributed by atoms with E-state index in [1.165, 1.54) is 19.3 Å². The Hall–Kier alpha value is -0.550. The van der Waals surface area contributed by atoms with Crippen LogP contribution in [0.3, 0.4) is 0 Å². The molecule has 2 nitrogen and oxygen atoms in total.